The molecule has 0 aliphatic carbocycles. The first kappa shape index (κ1) is 20.1. The van der Waals surface area contributed by atoms with E-state index in [1.165, 1.54) is 35.0 Å². The first-order valence-corrected chi connectivity index (χ1v) is 9.75. The molecule has 1 N–H and O–H groups in total. The summed E-state index contributed by atoms with van der Waals surface area (Å²) in [6, 6.07) is 14.7. The van der Waals surface area contributed by atoms with Crippen LogP contribution in [0.25, 0.3) is 16.6 Å². The molecule has 154 valence electrons. The molecule has 0 radical (unpaired) electrons. The Morgan fingerprint density at radius 3 is 2.50 bits per heavy atom. The predicted octanol–water partition coefficient (Wildman–Crippen LogP) is 4.86. The van der Waals surface area contributed by atoms with Crippen molar-refractivity contribution in [3.63, 3.8) is 0 Å². The normalized spacial score (nSPS) is 11.9. The summed E-state index contributed by atoms with van der Waals surface area (Å²) < 4.78 is 39.9. The molecule has 0 unspecified atom stereocenters. The van der Waals surface area contributed by atoms with E-state index in [4.69, 9.17) is 0 Å². The lowest BCUT2D eigenvalue weighted by atomic mass is 10.1. The topological polar surface area (TPSA) is 60.0 Å². The fourth-order valence-electron chi connectivity index (χ4n) is 3.34. The van der Waals surface area contributed by atoms with Crippen LogP contribution in [-0.4, -0.2) is 24.7 Å². The van der Waals surface area contributed by atoms with Crippen molar-refractivity contribution >= 4 is 22.7 Å². The molecule has 0 bridgehead atoms. The minimum atomic E-state index is -4.39. The summed E-state index contributed by atoms with van der Waals surface area (Å²) in [4.78, 5) is 17.4. The minimum Gasteiger partial charge on any atom is -0.493 e. The molecule has 0 aliphatic heterocycles. The van der Waals surface area contributed by atoms with Crippen LogP contribution in [0.2, 0.25) is 0 Å². The number of aryl methyl sites for hydroxylation is 1. The van der Waals surface area contributed by atoms with Crippen molar-refractivity contribution in [2.45, 2.75) is 23.9 Å². The predicted molar refractivity (Wildman–Crippen MR) is 109 cm³/mol. The molecular weight excluding hydrogens is 415 g/mol. The molecule has 0 amide bonds. The second-order valence-electron chi connectivity index (χ2n) is 6.71. The van der Waals surface area contributed by atoms with Crippen LogP contribution in [0.5, 0.6) is 5.88 Å². The van der Waals surface area contributed by atoms with Crippen molar-refractivity contribution in [1.29, 1.82) is 0 Å². The molecule has 2 heterocycles. The number of para-hydroxylation sites is 1. The van der Waals surface area contributed by atoms with Crippen molar-refractivity contribution in [2.24, 2.45) is 0 Å². The summed E-state index contributed by atoms with van der Waals surface area (Å²) in [5, 5.41) is 11.2. The number of nitrogens with zero attached hydrogens (tertiary/aromatic N) is 3. The number of hydrogen-bond donors (Lipinski definition) is 1. The van der Waals surface area contributed by atoms with Gasteiger partial charge in [0.15, 0.2) is 0 Å². The molecular formula is C21H16F3N3O2S. The number of fused-ring (bicyclic) bond motifs is 1. The zero-order valence-electron chi connectivity index (χ0n) is 15.7. The number of halogens is 3. The van der Waals surface area contributed by atoms with Gasteiger partial charge in [-0.2, -0.15) is 13.2 Å². The molecule has 5 nitrogen and oxygen atoms in total. The average Bonchev–Trinajstić information content (AvgIpc) is 2.94. The standard InChI is InChI=1S/C21H16F3N3O2S/c1-13-10-14(17-4-2-3-5-18(17)25-13)11-26-12-19(28)27(20(26)29)15-6-8-16(9-7-15)30-21(22,23)24/h2-10,12,28H,11H2,1H3. The summed E-state index contributed by atoms with van der Waals surface area (Å²) in [6.45, 7) is 2.08. The number of aromatic hydroxyl groups is 1. The van der Waals surface area contributed by atoms with Gasteiger partial charge in [-0.15, -0.1) is 0 Å². The molecule has 2 aromatic heterocycles. The van der Waals surface area contributed by atoms with Crippen LogP contribution in [0.1, 0.15) is 11.3 Å². The first-order valence-electron chi connectivity index (χ1n) is 8.94. The van der Waals surface area contributed by atoms with Crippen LogP contribution in [0.3, 0.4) is 0 Å². The van der Waals surface area contributed by atoms with Crippen LogP contribution < -0.4 is 5.69 Å². The molecule has 2 aromatic carbocycles. The van der Waals surface area contributed by atoms with Gasteiger partial charge in [0.25, 0.3) is 0 Å². The van der Waals surface area contributed by atoms with E-state index in [-0.39, 0.29) is 34.8 Å². The Labute approximate surface area is 173 Å². The van der Waals surface area contributed by atoms with Gasteiger partial charge in [-0.3, -0.25) is 9.55 Å². The molecule has 0 saturated carbocycles. The van der Waals surface area contributed by atoms with E-state index >= 15 is 0 Å². The molecule has 0 aliphatic rings. The van der Waals surface area contributed by atoms with Gasteiger partial charge >= 0.3 is 11.2 Å². The number of alkyl halides is 3. The Bertz CT molecular complexity index is 1280. The van der Waals surface area contributed by atoms with Gasteiger partial charge < -0.3 is 5.11 Å². The SMILES string of the molecule is Cc1cc(Cn2cc(O)n(-c3ccc(SC(F)(F)F)cc3)c2=O)c2ccccc2n1. The number of imidazole rings is 1. The van der Waals surface area contributed by atoms with Crippen molar-refractivity contribution in [3.05, 3.63) is 82.5 Å². The number of aromatic nitrogens is 3. The first-order chi connectivity index (χ1) is 14.2. The van der Waals surface area contributed by atoms with E-state index in [9.17, 15) is 23.1 Å². The van der Waals surface area contributed by atoms with Gasteiger partial charge in [0.05, 0.1) is 23.9 Å². The van der Waals surface area contributed by atoms with E-state index in [0.717, 1.165) is 26.7 Å². The van der Waals surface area contributed by atoms with Crippen molar-refractivity contribution in [3.8, 4) is 11.6 Å². The maximum absolute atomic E-state index is 12.9. The van der Waals surface area contributed by atoms with Crippen LogP contribution in [0.4, 0.5) is 13.2 Å². The number of pyridine rings is 1. The third-order valence-corrected chi connectivity index (χ3v) is 5.28. The Balaban J connectivity index is 1.69. The molecule has 0 saturated heterocycles. The fourth-order valence-corrected chi connectivity index (χ4v) is 3.88. The highest BCUT2D eigenvalue weighted by Crippen LogP contribution is 2.37. The van der Waals surface area contributed by atoms with E-state index < -0.39 is 11.2 Å². The number of benzene rings is 2. The summed E-state index contributed by atoms with van der Waals surface area (Å²) in [5.41, 5.74) is -2.13. The van der Waals surface area contributed by atoms with Gasteiger partial charge in [0, 0.05) is 16.0 Å². The Morgan fingerprint density at radius 2 is 1.80 bits per heavy atom. The van der Waals surface area contributed by atoms with Gasteiger partial charge in [0.2, 0.25) is 5.88 Å². The molecule has 0 fully saturated rings. The maximum atomic E-state index is 12.9. The maximum Gasteiger partial charge on any atom is 0.446 e. The highest BCUT2D eigenvalue weighted by molar-refractivity contribution is 8.00. The average molecular weight is 431 g/mol. The lowest BCUT2D eigenvalue weighted by Crippen LogP contribution is -2.23. The van der Waals surface area contributed by atoms with Crippen LogP contribution in [0.15, 0.2) is 70.5 Å². The summed E-state index contributed by atoms with van der Waals surface area (Å²) in [6.07, 6.45) is 1.31. The number of thioether (sulfide) groups is 1. The van der Waals surface area contributed by atoms with Gasteiger partial charge in [-0.25, -0.2) is 9.36 Å². The molecule has 30 heavy (non-hydrogen) atoms. The molecule has 9 heteroatoms. The van der Waals surface area contributed by atoms with Crippen LogP contribution >= 0.6 is 11.8 Å². The third kappa shape index (κ3) is 4.06. The monoisotopic (exact) mass is 431 g/mol. The largest absolute Gasteiger partial charge is 0.493 e. The lowest BCUT2D eigenvalue weighted by molar-refractivity contribution is -0.0328. The summed E-state index contributed by atoms with van der Waals surface area (Å²) in [5.74, 6) is -0.300. The quantitative estimate of drug-likeness (QED) is 0.469. The van der Waals surface area contributed by atoms with Crippen molar-refractivity contribution in [2.75, 3.05) is 0 Å². The summed E-state index contributed by atoms with van der Waals surface area (Å²) in [7, 11) is 0. The smallest absolute Gasteiger partial charge is 0.446 e. The second kappa shape index (κ2) is 7.56. The van der Waals surface area contributed by atoms with Gasteiger partial charge in [-0.1, -0.05) is 18.2 Å². The zero-order valence-corrected chi connectivity index (χ0v) is 16.5. The van der Waals surface area contributed by atoms with Gasteiger partial charge in [0.1, 0.15) is 0 Å². The fraction of sp³-hybridized carbons (Fsp3) is 0.143. The Kier molecular flexibility index (Phi) is 5.07. The second-order valence-corrected chi connectivity index (χ2v) is 7.85. The zero-order chi connectivity index (χ0) is 21.5. The molecule has 4 aromatic rings. The van der Waals surface area contributed by atoms with E-state index in [0.29, 0.717) is 0 Å². The minimum absolute atomic E-state index is 0.00282. The highest BCUT2D eigenvalue weighted by Gasteiger charge is 2.29. The van der Waals surface area contributed by atoms with Crippen LogP contribution in [0, 0.1) is 6.92 Å². The van der Waals surface area contributed by atoms with Gasteiger partial charge in [-0.05, 0) is 60.6 Å². The lowest BCUT2D eigenvalue weighted by Gasteiger charge is -2.08. The Morgan fingerprint density at radius 1 is 1.10 bits per heavy atom. The number of rotatable bonds is 4. The molecule has 4 rings (SSSR count). The van der Waals surface area contributed by atoms with E-state index in [2.05, 4.69) is 4.98 Å². The van der Waals surface area contributed by atoms with Crippen LogP contribution in [-0.2, 0) is 6.54 Å². The third-order valence-electron chi connectivity index (χ3n) is 4.54. The van der Waals surface area contributed by atoms with E-state index in [1.54, 1.807) is 0 Å². The summed E-state index contributed by atoms with van der Waals surface area (Å²) >= 11 is -0.239. The Hall–Kier alpha value is -3.20. The molecule has 0 spiro atoms. The van der Waals surface area contributed by atoms with E-state index in [1.807, 2.05) is 37.3 Å². The van der Waals surface area contributed by atoms with Crippen molar-refractivity contribution < 1.29 is 18.3 Å². The highest BCUT2D eigenvalue weighted by atomic mass is 32.2. The molecule has 0 atom stereocenters. The van der Waals surface area contributed by atoms with Crippen molar-refractivity contribution in [1.82, 2.24) is 14.1 Å². The number of hydrogen-bond acceptors (Lipinski definition) is 4.